The first-order chi connectivity index (χ1) is 8.29. The fourth-order valence-electron chi connectivity index (χ4n) is 1.62. The first-order valence-corrected chi connectivity index (χ1v) is 8.44. The first-order valence-electron chi connectivity index (χ1n) is 5.34. The molecular weight excluding hydrogens is 346 g/mol. The van der Waals surface area contributed by atoms with Crippen LogP contribution in [0.25, 0.3) is 0 Å². The Labute approximate surface area is 117 Å². The molecule has 0 aliphatic heterocycles. The van der Waals surface area contributed by atoms with Gasteiger partial charge in [0, 0.05) is 22.8 Å². The summed E-state index contributed by atoms with van der Waals surface area (Å²) in [6, 6.07) is 1.17. The standard InChI is InChI=1S/C10H11BrClNO4S/c1-5(6-2-3-6)13-10(14)7-4-8(9(11)17-7)18(12,15)16/h4-6H,2-3H2,1H3,(H,13,14). The molecule has 1 aliphatic rings. The molecule has 1 aromatic heterocycles. The van der Waals surface area contributed by atoms with E-state index in [-0.39, 0.29) is 21.4 Å². The number of rotatable bonds is 4. The minimum atomic E-state index is -3.93. The molecule has 18 heavy (non-hydrogen) atoms. The molecule has 1 N–H and O–H groups in total. The SMILES string of the molecule is CC(NC(=O)c1cc(S(=O)(=O)Cl)c(Br)o1)C1CC1. The molecule has 0 radical (unpaired) electrons. The Morgan fingerprint density at radius 3 is 2.67 bits per heavy atom. The quantitative estimate of drug-likeness (QED) is 0.841. The van der Waals surface area contributed by atoms with Gasteiger partial charge in [-0.05, 0) is 41.6 Å². The molecule has 0 saturated heterocycles. The van der Waals surface area contributed by atoms with Crippen LogP contribution in [0, 0.1) is 5.92 Å². The van der Waals surface area contributed by atoms with Gasteiger partial charge >= 0.3 is 0 Å². The fraction of sp³-hybridized carbons (Fsp3) is 0.500. The van der Waals surface area contributed by atoms with E-state index in [1.165, 1.54) is 0 Å². The summed E-state index contributed by atoms with van der Waals surface area (Å²) in [6.45, 7) is 1.91. The summed E-state index contributed by atoms with van der Waals surface area (Å²) in [5.74, 6) is -0.0150. The van der Waals surface area contributed by atoms with Crippen molar-refractivity contribution in [2.45, 2.75) is 30.7 Å². The van der Waals surface area contributed by atoms with Crippen LogP contribution in [0.2, 0.25) is 0 Å². The van der Waals surface area contributed by atoms with Gasteiger partial charge in [0.15, 0.2) is 10.4 Å². The fourth-order valence-corrected chi connectivity index (χ4v) is 3.65. The molecule has 1 heterocycles. The molecule has 1 fully saturated rings. The zero-order valence-electron chi connectivity index (χ0n) is 9.44. The molecule has 1 aromatic rings. The van der Waals surface area contributed by atoms with E-state index in [0.29, 0.717) is 5.92 Å². The number of hydrogen-bond donors (Lipinski definition) is 1. The van der Waals surface area contributed by atoms with E-state index in [1.807, 2.05) is 6.92 Å². The molecule has 0 bridgehead atoms. The minimum absolute atomic E-state index is 0.0532. The predicted molar refractivity (Wildman–Crippen MR) is 69.1 cm³/mol. The third kappa shape index (κ3) is 3.07. The van der Waals surface area contributed by atoms with Crippen LogP contribution in [0.1, 0.15) is 30.3 Å². The highest BCUT2D eigenvalue weighted by atomic mass is 79.9. The second kappa shape index (κ2) is 4.86. The zero-order chi connectivity index (χ0) is 13.5. The topological polar surface area (TPSA) is 76.4 Å². The van der Waals surface area contributed by atoms with Crippen molar-refractivity contribution in [2.24, 2.45) is 5.92 Å². The Bertz CT molecular complexity index is 579. The molecule has 1 atom stereocenters. The molecular formula is C10H11BrClNO4S. The molecule has 1 aliphatic carbocycles. The Balaban J connectivity index is 2.16. The summed E-state index contributed by atoms with van der Waals surface area (Å²) in [4.78, 5) is 11.6. The molecule has 100 valence electrons. The lowest BCUT2D eigenvalue weighted by molar-refractivity contribution is 0.0906. The number of amides is 1. The summed E-state index contributed by atoms with van der Waals surface area (Å²) in [5, 5.41) is 2.76. The number of furan rings is 1. The van der Waals surface area contributed by atoms with Gasteiger partial charge in [-0.2, -0.15) is 0 Å². The normalized spacial score (nSPS) is 17.5. The van der Waals surface area contributed by atoms with E-state index >= 15 is 0 Å². The molecule has 1 saturated carbocycles. The van der Waals surface area contributed by atoms with Crippen molar-refractivity contribution >= 4 is 41.6 Å². The van der Waals surface area contributed by atoms with Crippen LogP contribution in [0.15, 0.2) is 20.0 Å². The van der Waals surface area contributed by atoms with Crippen molar-refractivity contribution in [1.82, 2.24) is 5.32 Å². The van der Waals surface area contributed by atoms with E-state index in [4.69, 9.17) is 15.1 Å². The minimum Gasteiger partial charge on any atom is -0.443 e. The highest BCUT2D eigenvalue weighted by Gasteiger charge is 2.30. The summed E-state index contributed by atoms with van der Waals surface area (Å²) in [7, 11) is 1.27. The van der Waals surface area contributed by atoms with E-state index in [1.54, 1.807) is 0 Å². The molecule has 0 spiro atoms. The van der Waals surface area contributed by atoms with Crippen molar-refractivity contribution in [3.05, 3.63) is 16.5 Å². The lowest BCUT2D eigenvalue weighted by Gasteiger charge is -2.10. The zero-order valence-corrected chi connectivity index (χ0v) is 12.6. The lowest BCUT2D eigenvalue weighted by Crippen LogP contribution is -2.33. The van der Waals surface area contributed by atoms with E-state index < -0.39 is 15.0 Å². The maximum Gasteiger partial charge on any atom is 0.287 e. The smallest absolute Gasteiger partial charge is 0.287 e. The van der Waals surface area contributed by atoms with Crippen molar-refractivity contribution < 1.29 is 17.6 Å². The van der Waals surface area contributed by atoms with Gasteiger partial charge in [0.25, 0.3) is 15.0 Å². The Hall–Kier alpha value is -0.530. The number of carbonyl (C=O) groups is 1. The van der Waals surface area contributed by atoms with Crippen LogP contribution < -0.4 is 5.32 Å². The van der Waals surface area contributed by atoms with Crippen LogP contribution >= 0.6 is 26.6 Å². The highest BCUT2D eigenvalue weighted by Crippen LogP contribution is 2.33. The number of nitrogens with one attached hydrogen (secondary N) is 1. The number of halogens is 2. The van der Waals surface area contributed by atoms with Crippen LogP contribution in [0.3, 0.4) is 0 Å². The number of hydrogen-bond acceptors (Lipinski definition) is 4. The van der Waals surface area contributed by atoms with Gasteiger partial charge in [-0.3, -0.25) is 4.79 Å². The van der Waals surface area contributed by atoms with E-state index in [2.05, 4.69) is 21.2 Å². The van der Waals surface area contributed by atoms with Crippen LogP contribution in [0.5, 0.6) is 0 Å². The van der Waals surface area contributed by atoms with Crippen LogP contribution in [0.4, 0.5) is 0 Å². The van der Waals surface area contributed by atoms with Gasteiger partial charge in [-0.25, -0.2) is 8.42 Å². The third-order valence-corrected chi connectivity index (χ3v) is 5.01. The maximum atomic E-state index is 11.8. The van der Waals surface area contributed by atoms with Gasteiger partial charge in [-0.15, -0.1) is 0 Å². The Morgan fingerprint density at radius 1 is 1.61 bits per heavy atom. The first kappa shape index (κ1) is 13.9. The maximum absolute atomic E-state index is 11.8. The monoisotopic (exact) mass is 355 g/mol. The van der Waals surface area contributed by atoms with Crippen molar-refractivity contribution in [3.63, 3.8) is 0 Å². The molecule has 5 nitrogen and oxygen atoms in total. The van der Waals surface area contributed by atoms with E-state index in [9.17, 15) is 13.2 Å². The molecule has 8 heteroatoms. The second-order valence-electron chi connectivity index (χ2n) is 4.29. The van der Waals surface area contributed by atoms with Gasteiger partial charge in [-0.1, -0.05) is 0 Å². The summed E-state index contributed by atoms with van der Waals surface area (Å²) >= 11 is 2.92. The Kier molecular flexibility index (Phi) is 3.75. The summed E-state index contributed by atoms with van der Waals surface area (Å²) in [5.41, 5.74) is 0. The highest BCUT2D eigenvalue weighted by molar-refractivity contribution is 9.10. The predicted octanol–water partition coefficient (Wildman–Crippen LogP) is 2.50. The average Bonchev–Trinajstić information content (AvgIpc) is 3.00. The largest absolute Gasteiger partial charge is 0.443 e. The third-order valence-electron chi connectivity index (χ3n) is 2.83. The van der Waals surface area contributed by atoms with Crippen molar-refractivity contribution in [3.8, 4) is 0 Å². The van der Waals surface area contributed by atoms with Crippen LogP contribution in [-0.2, 0) is 9.05 Å². The van der Waals surface area contributed by atoms with Gasteiger partial charge in [0.2, 0.25) is 0 Å². The van der Waals surface area contributed by atoms with Crippen molar-refractivity contribution in [1.29, 1.82) is 0 Å². The molecule has 1 amide bonds. The summed E-state index contributed by atoms with van der Waals surface area (Å²) in [6.07, 6.45) is 2.20. The van der Waals surface area contributed by atoms with Crippen molar-refractivity contribution in [2.75, 3.05) is 0 Å². The van der Waals surface area contributed by atoms with Gasteiger partial charge < -0.3 is 9.73 Å². The van der Waals surface area contributed by atoms with Gasteiger partial charge in [0.1, 0.15) is 4.90 Å². The van der Waals surface area contributed by atoms with E-state index in [0.717, 1.165) is 18.9 Å². The van der Waals surface area contributed by atoms with Gasteiger partial charge in [0.05, 0.1) is 0 Å². The van der Waals surface area contributed by atoms with Crippen LogP contribution in [-0.4, -0.2) is 20.4 Å². The second-order valence-corrected chi connectivity index (χ2v) is 7.54. The number of carbonyl (C=O) groups excluding carboxylic acids is 1. The average molecular weight is 357 g/mol. The lowest BCUT2D eigenvalue weighted by atomic mass is 10.2. The molecule has 1 unspecified atom stereocenters. The molecule has 0 aromatic carbocycles. The summed E-state index contributed by atoms with van der Waals surface area (Å²) < 4.78 is 27.3. The Morgan fingerprint density at radius 2 is 2.22 bits per heavy atom. The molecule has 2 rings (SSSR count).